The minimum absolute atomic E-state index is 0.173. The van der Waals surface area contributed by atoms with Crippen LogP contribution in [0.5, 0.6) is 5.75 Å². The van der Waals surface area contributed by atoms with Crippen molar-refractivity contribution in [3.05, 3.63) is 83.9 Å². The number of aryl methyl sites for hydroxylation is 1. The second-order valence-electron chi connectivity index (χ2n) is 7.78. The van der Waals surface area contributed by atoms with Gasteiger partial charge in [0.15, 0.2) is 0 Å². The minimum Gasteiger partial charge on any atom is -0.497 e. The van der Waals surface area contributed by atoms with Crippen LogP contribution < -0.4 is 9.64 Å². The Morgan fingerprint density at radius 2 is 1.97 bits per heavy atom. The molecule has 2 heterocycles. The van der Waals surface area contributed by atoms with Gasteiger partial charge in [0.05, 0.1) is 30.4 Å². The van der Waals surface area contributed by atoms with Gasteiger partial charge in [-0.1, -0.05) is 24.3 Å². The van der Waals surface area contributed by atoms with Crippen molar-refractivity contribution in [2.75, 3.05) is 18.6 Å². The molecule has 0 saturated carbocycles. The zero-order chi connectivity index (χ0) is 21.4. The third-order valence-corrected chi connectivity index (χ3v) is 7.24. The Kier molecular flexibility index (Phi) is 5.32. The number of methoxy groups -OCH3 is 1. The molecule has 31 heavy (non-hydrogen) atoms. The van der Waals surface area contributed by atoms with Crippen LogP contribution >= 0.6 is 11.8 Å². The van der Waals surface area contributed by atoms with E-state index in [1.165, 1.54) is 6.07 Å². The molecule has 1 aliphatic heterocycles. The predicted molar refractivity (Wildman–Crippen MR) is 124 cm³/mol. The summed E-state index contributed by atoms with van der Waals surface area (Å²) in [5, 5.41) is 0.173. The van der Waals surface area contributed by atoms with Crippen LogP contribution in [0.1, 0.15) is 23.1 Å². The van der Waals surface area contributed by atoms with E-state index in [4.69, 9.17) is 9.72 Å². The number of ether oxygens (including phenoxy) is 1. The zero-order valence-corrected chi connectivity index (χ0v) is 18.4. The van der Waals surface area contributed by atoms with Crippen LogP contribution in [0.2, 0.25) is 0 Å². The number of thioether (sulfide) groups is 1. The van der Waals surface area contributed by atoms with Gasteiger partial charge in [-0.05, 0) is 54.4 Å². The number of aromatic nitrogens is 2. The molecule has 0 bridgehead atoms. The fourth-order valence-corrected chi connectivity index (χ4v) is 5.51. The molecule has 3 aromatic carbocycles. The van der Waals surface area contributed by atoms with E-state index in [9.17, 15) is 4.39 Å². The molecule has 0 N–H and O–H groups in total. The lowest BCUT2D eigenvalue weighted by atomic mass is 10.1. The van der Waals surface area contributed by atoms with Gasteiger partial charge in [0.25, 0.3) is 0 Å². The highest BCUT2D eigenvalue weighted by atomic mass is 32.2. The van der Waals surface area contributed by atoms with Crippen LogP contribution in [-0.2, 0) is 13.6 Å². The Bertz CT molecular complexity index is 1240. The smallest absolute Gasteiger partial charge is 0.129 e. The van der Waals surface area contributed by atoms with Crippen LogP contribution in [0.4, 0.5) is 10.1 Å². The van der Waals surface area contributed by atoms with E-state index in [0.717, 1.165) is 51.7 Å². The largest absolute Gasteiger partial charge is 0.497 e. The molecule has 1 atom stereocenters. The average molecular weight is 434 g/mol. The number of anilines is 1. The van der Waals surface area contributed by atoms with Crippen LogP contribution in [0.3, 0.4) is 0 Å². The monoisotopic (exact) mass is 433 g/mol. The number of hydrogen-bond donors (Lipinski definition) is 0. The first-order chi connectivity index (χ1) is 15.1. The Morgan fingerprint density at radius 3 is 2.77 bits per heavy atom. The normalized spacial score (nSPS) is 16.2. The van der Waals surface area contributed by atoms with E-state index in [-0.39, 0.29) is 11.1 Å². The number of nitrogens with zero attached hydrogens (tertiary/aromatic N) is 3. The Labute approximate surface area is 185 Å². The standard InChI is InChI=1S/C25H24FN3OS/c1-28-21-9-4-3-8-20(21)27-25(28)16-29-13-12-23(17-6-5-7-18(26)14-17)31-24-15-19(30-2)10-11-22(24)29/h3-11,14-15,23H,12-13,16H2,1-2H3/t23-/m1/s1. The summed E-state index contributed by atoms with van der Waals surface area (Å²) in [5.74, 6) is 1.66. The molecule has 1 aromatic heterocycles. The third kappa shape index (κ3) is 3.88. The molecule has 0 fully saturated rings. The van der Waals surface area contributed by atoms with E-state index >= 15 is 0 Å². The molecule has 0 radical (unpaired) electrons. The van der Waals surface area contributed by atoms with Crippen LogP contribution in [0, 0.1) is 5.82 Å². The summed E-state index contributed by atoms with van der Waals surface area (Å²) in [5.41, 5.74) is 4.33. The summed E-state index contributed by atoms with van der Waals surface area (Å²) in [6.45, 7) is 1.57. The lowest BCUT2D eigenvalue weighted by Crippen LogP contribution is -2.25. The summed E-state index contributed by atoms with van der Waals surface area (Å²) in [7, 11) is 3.76. The van der Waals surface area contributed by atoms with Crippen molar-refractivity contribution in [2.45, 2.75) is 23.1 Å². The van der Waals surface area contributed by atoms with Gasteiger partial charge < -0.3 is 14.2 Å². The highest BCUT2D eigenvalue weighted by Crippen LogP contribution is 2.46. The van der Waals surface area contributed by atoms with Gasteiger partial charge in [-0.15, -0.1) is 11.8 Å². The van der Waals surface area contributed by atoms with Crippen LogP contribution in [-0.4, -0.2) is 23.2 Å². The van der Waals surface area contributed by atoms with Crippen molar-refractivity contribution in [1.29, 1.82) is 0 Å². The molecule has 0 aliphatic carbocycles. The van der Waals surface area contributed by atoms with Gasteiger partial charge in [-0.3, -0.25) is 0 Å². The molecule has 0 amide bonds. The molecular formula is C25H24FN3OS. The average Bonchev–Trinajstić information content (AvgIpc) is 2.99. The number of benzene rings is 3. The summed E-state index contributed by atoms with van der Waals surface area (Å²) < 4.78 is 21.6. The molecule has 0 saturated heterocycles. The summed E-state index contributed by atoms with van der Waals surface area (Å²) in [6.07, 6.45) is 0.912. The van der Waals surface area contributed by atoms with E-state index < -0.39 is 0 Å². The number of para-hydroxylation sites is 2. The van der Waals surface area contributed by atoms with Crippen molar-refractivity contribution >= 4 is 28.5 Å². The van der Waals surface area contributed by atoms with Crippen molar-refractivity contribution in [1.82, 2.24) is 9.55 Å². The van der Waals surface area contributed by atoms with E-state index in [0.29, 0.717) is 6.54 Å². The Hall–Kier alpha value is -2.99. The first kappa shape index (κ1) is 19.9. The summed E-state index contributed by atoms with van der Waals surface area (Å²) in [6, 6.07) is 21.4. The second kappa shape index (κ2) is 8.27. The second-order valence-corrected chi connectivity index (χ2v) is 9.03. The maximum absolute atomic E-state index is 13.9. The number of fused-ring (bicyclic) bond motifs is 2. The maximum Gasteiger partial charge on any atom is 0.129 e. The lowest BCUT2D eigenvalue weighted by molar-refractivity contribution is 0.413. The third-order valence-electron chi connectivity index (χ3n) is 5.87. The number of imidazole rings is 1. The van der Waals surface area contributed by atoms with Gasteiger partial charge in [0, 0.05) is 23.7 Å². The SMILES string of the molecule is COc1ccc2c(c1)S[C@@H](c1cccc(F)c1)CCN2Cc1nc2ccccc2n1C. The Morgan fingerprint density at radius 1 is 1.10 bits per heavy atom. The van der Waals surface area contributed by atoms with Crippen molar-refractivity contribution in [3.8, 4) is 5.75 Å². The molecule has 0 spiro atoms. The number of rotatable bonds is 4. The van der Waals surface area contributed by atoms with E-state index in [2.05, 4.69) is 40.8 Å². The van der Waals surface area contributed by atoms with Gasteiger partial charge in [-0.25, -0.2) is 9.37 Å². The molecule has 1 aliphatic rings. The molecular weight excluding hydrogens is 409 g/mol. The number of hydrogen-bond acceptors (Lipinski definition) is 4. The fraction of sp³-hybridized carbons (Fsp3) is 0.240. The fourth-order valence-electron chi connectivity index (χ4n) is 4.20. The quantitative estimate of drug-likeness (QED) is 0.397. The van der Waals surface area contributed by atoms with Crippen LogP contribution in [0.15, 0.2) is 71.6 Å². The van der Waals surface area contributed by atoms with Crippen molar-refractivity contribution in [2.24, 2.45) is 7.05 Å². The van der Waals surface area contributed by atoms with Crippen molar-refractivity contribution in [3.63, 3.8) is 0 Å². The number of halogens is 1. The molecule has 0 unspecified atom stereocenters. The molecule has 4 nitrogen and oxygen atoms in total. The molecule has 6 heteroatoms. The van der Waals surface area contributed by atoms with Gasteiger partial charge in [0.1, 0.15) is 17.4 Å². The van der Waals surface area contributed by atoms with Crippen LogP contribution in [0.25, 0.3) is 11.0 Å². The topological polar surface area (TPSA) is 30.3 Å². The van der Waals surface area contributed by atoms with Gasteiger partial charge >= 0.3 is 0 Å². The van der Waals surface area contributed by atoms with Gasteiger partial charge in [0.2, 0.25) is 0 Å². The van der Waals surface area contributed by atoms with Crippen molar-refractivity contribution < 1.29 is 9.13 Å². The predicted octanol–water partition coefficient (Wildman–Crippen LogP) is 5.96. The summed E-state index contributed by atoms with van der Waals surface area (Å²) in [4.78, 5) is 8.39. The molecule has 4 aromatic rings. The maximum atomic E-state index is 13.9. The first-order valence-electron chi connectivity index (χ1n) is 10.4. The van der Waals surface area contributed by atoms with E-state index in [1.807, 2.05) is 24.3 Å². The Balaban J connectivity index is 1.52. The summed E-state index contributed by atoms with van der Waals surface area (Å²) >= 11 is 1.78. The van der Waals surface area contributed by atoms with E-state index in [1.54, 1.807) is 31.0 Å². The van der Waals surface area contributed by atoms with Gasteiger partial charge in [-0.2, -0.15) is 0 Å². The first-order valence-corrected chi connectivity index (χ1v) is 11.3. The lowest BCUT2D eigenvalue weighted by Gasteiger charge is -2.24. The molecule has 158 valence electrons. The highest BCUT2D eigenvalue weighted by Gasteiger charge is 2.25. The minimum atomic E-state index is -0.190. The zero-order valence-electron chi connectivity index (χ0n) is 17.6. The highest BCUT2D eigenvalue weighted by molar-refractivity contribution is 7.99. The molecule has 5 rings (SSSR count).